The first kappa shape index (κ1) is 19.7. The molecule has 138 valence electrons. The lowest BCUT2D eigenvalue weighted by atomic mass is 10.2. The molecule has 0 spiro atoms. The number of amides is 1. The van der Waals surface area contributed by atoms with Gasteiger partial charge in [0, 0.05) is 35.3 Å². The van der Waals surface area contributed by atoms with Crippen molar-refractivity contribution in [3.05, 3.63) is 22.8 Å². The van der Waals surface area contributed by atoms with Gasteiger partial charge in [-0.25, -0.2) is 13.4 Å². The highest BCUT2D eigenvalue weighted by Gasteiger charge is 2.31. The Morgan fingerprint density at radius 1 is 1.40 bits per heavy atom. The fourth-order valence-electron chi connectivity index (χ4n) is 3.17. The summed E-state index contributed by atoms with van der Waals surface area (Å²) in [7, 11) is -2.93. The molecule has 1 amide bonds. The maximum atomic E-state index is 11.8. The number of aryl methyl sites for hydroxylation is 1. The summed E-state index contributed by atoms with van der Waals surface area (Å²) < 4.78 is 25.7. The average molecular weight is 405 g/mol. The van der Waals surface area contributed by atoms with E-state index in [9.17, 15) is 13.2 Å². The molecule has 3 rings (SSSR count). The Labute approximate surface area is 157 Å². The standard InChI is InChI=1S/C15H20N4O3S2.ClH/c1-9-6-13(14-7-23-15(16-14)18-17-11(3)20)10(2)19(9)12-4-5-24(21,22)8-12;/h6-7,12H,4-5,8H2,1-3H3,(H,16,18)(H,17,20);1H. The van der Waals surface area contributed by atoms with Gasteiger partial charge >= 0.3 is 0 Å². The minimum atomic E-state index is -2.93. The highest BCUT2D eigenvalue weighted by atomic mass is 35.5. The quantitative estimate of drug-likeness (QED) is 0.763. The third-order valence-corrected chi connectivity index (χ3v) is 6.69. The molecule has 0 aliphatic carbocycles. The second-order valence-electron chi connectivity index (χ2n) is 6.06. The van der Waals surface area contributed by atoms with Crippen molar-refractivity contribution in [1.29, 1.82) is 0 Å². The summed E-state index contributed by atoms with van der Waals surface area (Å²) in [6.45, 7) is 5.41. The van der Waals surface area contributed by atoms with E-state index in [2.05, 4.69) is 20.4 Å². The molecule has 1 unspecified atom stereocenters. The lowest BCUT2D eigenvalue weighted by Crippen LogP contribution is -2.26. The monoisotopic (exact) mass is 404 g/mol. The number of nitrogens with zero attached hydrogens (tertiary/aromatic N) is 2. The van der Waals surface area contributed by atoms with Crippen molar-refractivity contribution in [2.24, 2.45) is 0 Å². The number of hydrazine groups is 1. The summed E-state index contributed by atoms with van der Waals surface area (Å²) in [5.41, 5.74) is 9.12. The van der Waals surface area contributed by atoms with Crippen molar-refractivity contribution in [2.45, 2.75) is 33.2 Å². The molecule has 1 aliphatic rings. The van der Waals surface area contributed by atoms with Gasteiger partial charge in [0.2, 0.25) is 11.0 Å². The van der Waals surface area contributed by atoms with E-state index in [4.69, 9.17) is 0 Å². The van der Waals surface area contributed by atoms with Gasteiger partial charge in [0.15, 0.2) is 9.84 Å². The Bertz CT molecular complexity index is 889. The third-order valence-electron chi connectivity index (χ3n) is 4.18. The van der Waals surface area contributed by atoms with Gasteiger partial charge in [-0.05, 0) is 26.3 Å². The third kappa shape index (κ3) is 4.16. The van der Waals surface area contributed by atoms with E-state index in [1.165, 1.54) is 18.3 Å². The predicted octanol–water partition coefficient (Wildman–Crippen LogP) is 2.47. The molecule has 3 heterocycles. The predicted molar refractivity (Wildman–Crippen MR) is 102 cm³/mol. The number of hydrogen-bond acceptors (Lipinski definition) is 6. The molecule has 2 aromatic heterocycles. The van der Waals surface area contributed by atoms with Crippen LogP contribution in [-0.4, -0.2) is 35.4 Å². The number of aromatic nitrogens is 2. The summed E-state index contributed by atoms with van der Waals surface area (Å²) in [6, 6.07) is 2.04. The fraction of sp³-hybridized carbons (Fsp3) is 0.467. The number of carbonyl (C=O) groups is 1. The molecule has 10 heteroatoms. The SMILES string of the molecule is CC(=O)NNc1nc(-c2cc(C)n(C3CCS(=O)(=O)C3)c2C)cs1.Cl. The summed E-state index contributed by atoms with van der Waals surface area (Å²) in [4.78, 5) is 15.4. The highest BCUT2D eigenvalue weighted by Crippen LogP contribution is 2.34. The van der Waals surface area contributed by atoms with Gasteiger partial charge in [-0.1, -0.05) is 0 Å². The van der Waals surface area contributed by atoms with Crippen molar-refractivity contribution in [2.75, 3.05) is 16.9 Å². The van der Waals surface area contributed by atoms with E-state index < -0.39 is 9.84 Å². The maximum Gasteiger partial charge on any atom is 0.235 e. The Morgan fingerprint density at radius 2 is 2.12 bits per heavy atom. The minimum Gasteiger partial charge on any atom is -0.344 e. The van der Waals surface area contributed by atoms with Gasteiger partial charge in [-0.15, -0.1) is 23.7 Å². The van der Waals surface area contributed by atoms with Gasteiger partial charge in [0.1, 0.15) is 0 Å². The van der Waals surface area contributed by atoms with Crippen LogP contribution in [0.4, 0.5) is 5.13 Å². The zero-order valence-corrected chi connectivity index (χ0v) is 16.6. The lowest BCUT2D eigenvalue weighted by molar-refractivity contribution is -0.118. The van der Waals surface area contributed by atoms with E-state index in [-0.39, 0.29) is 35.9 Å². The molecule has 1 atom stereocenters. The molecule has 2 N–H and O–H groups in total. The number of nitrogens with one attached hydrogen (secondary N) is 2. The van der Waals surface area contributed by atoms with Crippen LogP contribution in [0.1, 0.15) is 30.8 Å². The minimum absolute atomic E-state index is 0. The number of sulfone groups is 1. The first-order valence-corrected chi connectivity index (χ1v) is 10.3. The second kappa shape index (κ2) is 7.35. The molecule has 0 bridgehead atoms. The maximum absolute atomic E-state index is 11.8. The summed E-state index contributed by atoms with van der Waals surface area (Å²) >= 11 is 1.40. The van der Waals surface area contributed by atoms with Gasteiger partial charge in [-0.2, -0.15) is 0 Å². The largest absolute Gasteiger partial charge is 0.344 e. The molecule has 1 saturated heterocycles. The highest BCUT2D eigenvalue weighted by molar-refractivity contribution is 7.91. The van der Waals surface area contributed by atoms with Crippen molar-refractivity contribution in [3.63, 3.8) is 0 Å². The molecule has 0 saturated carbocycles. The normalized spacial score (nSPS) is 18.6. The molecule has 0 radical (unpaired) electrons. The number of halogens is 1. The van der Waals surface area contributed by atoms with E-state index in [1.807, 2.05) is 25.3 Å². The fourth-order valence-corrected chi connectivity index (χ4v) is 5.54. The van der Waals surface area contributed by atoms with Crippen molar-refractivity contribution in [3.8, 4) is 11.3 Å². The van der Waals surface area contributed by atoms with Crippen LogP contribution >= 0.6 is 23.7 Å². The molecule has 1 aliphatic heterocycles. The van der Waals surface area contributed by atoms with Gasteiger partial charge in [0.25, 0.3) is 0 Å². The van der Waals surface area contributed by atoms with Crippen LogP contribution in [0.3, 0.4) is 0 Å². The summed E-state index contributed by atoms with van der Waals surface area (Å²) in [5, 5.41) is 2.52. The Balaban J connectivity index is 0.00000225. The van der Waals surface area contributed by atoms with Crippen LogP contribution in [0.25, 0.3) is 11.3 Å². The Kier molecular flexibility index (Phi) is 5.80. The lowest BCUT2D eigenvalue weighted by Gasteiger charge is -2.16. The number of carbonyl (C=O) groups excluding carboxylic acids is 1. The van der Waals surface area contributed by atoms with Crippen LogP contribution < -0.4 is 10.9 Å². The van der Waals surface area contributed by atoms with Crippen LogP contribution in [0.2, 0.25) is 0 Å². The zero-order valence-electron chi connectivity index (χ0n) is 14.2. The topological polar surface area (TPSA) is 93.1 Å². The smallest absolute Gasteiger partial charge is 0.235 e. The molecular weight excluding hydrogens is 384 g/mol. The van der Waals surface area contributed by atoms with Crippen LogP contribution in [0, 0.1) is 13.8 Å². The van der Waals surface area contributed by atoms with Crippen molar-refractivity contribution < 1.29 is 13.2 Å². The Hall–Kier alpha value is -1.58. The first-order valence-electron chi connectivity index (χ1n) is 7.64. The van der Waals surface area contributed by atoms with Crippen LogP contribution in [-0.2, 0) is 14.6 Å². The number of rotatable bonds is 4. The molecule has 1 fully saturated rings. The van der Waals surface area contributed by atoms with Crippen LogP contribution in [0.15, 0.2) is 11.4 Å². The van der Waals surface area contributed by atoms with Gasteiger partial charge in [-0.3, -0.25) is 15.6 Å². The first-order chi connectivity index (χ1) is 11.3. The molecule has 2 aromatic rings. The molecule has 25 heavy (non-hydrogen) atoms. The molecular formula is C15H21ClN4O3S2. The number of hydrogen-bond donors (Lipinski definition) is 2. The van der Waals surface area contributed by atoms with E-state index in [0.717, 1.165) is 22.6 Å². The Morgan fingerprint density at radius 3 is 2.72 bits per heavy atom. The van der Waals surface area contributed by atoms with Crippen molar-refractivity contribution in [1.82, 2.24) is 15.0 Å². The zero-order chi connectivity index (χ0) is 17.5. The average Bonchev–Trinajstić information content (AvgIpc) is 3.15. The van der Waals surface area contributed by atoms with Crippen LogP contribution in [0.5, 0.6) is 0 Å². The van der Waals surface area contributed by atoms with E-state index >= 15 is 0 Å². The van der Waals surface area contributed by atoms with Gasteiger partial charge < -0.3 is 4.57 Å². The van der Waals surface area contributed by atoms with E-state index in [0.29, 0.717) is 11.6 Å². The summed E-state index contributed by atoms with van der Waals surface area (Å²) in [5.74, 6) is 0.271. The molecule has 0 aromatic carbocycles. The van der Waals surface area contributed by atoms with E-state index in [1.54, 1.807) is 0 Å². The van der Waals surface area contributed by atoms with Crippen molar-refractivity contribution >= 4 is 44.6 Å². The number of thiazole rings is 1. The van der Waals surface area contributed by atoms with Gasteiger partial charge in [0.05, 0.1) is 17.2 Å². The molecule has 7 nitrogen and oxygen atoms in total. The number of anilines is 1. The second-order valence-corrected chi connectivity index (χ2v) is 9.14. The summed E-state index contributed by atoms with van der Waals surface area (Å²) in [6.07, 6.45) is 0.657.